The molecule has 0 fully saturated rings. The standard InChI is InChI=1S/C11H11BrO/c1-7-4-10(12)5-8(2)11(7)6-9(3)13/h4-6,13H,1,3H2,2H3/b11-6+. The summed E-state index contributed by atoms with van der Waals surface area (Å²) in [6.45, 7) is 9.26. The van der Waals surface area contributed by atoms with Crippen LogP contribution in [0.5, 0.6) is 0 Å². The van der Waals surface area contributed by atoms with E-state index in [1.54, 1.807) is 6.08 Å². The van der Waals surface area contributed by atoms with Gasteiger partial charge in [0.2, 0.25) is 0 Å². The number of rotatable bonds is 1. The first-order chi connectivity index (χ1) is 6.00. The van der Waals surface area contributed by atoms with Gasteiger partial charge in [-0.1, -0.05) is 29.1 Å². The summed E-state index contributed by atoms with van der Waals surface area (Å²) in [5.41, 5.74) is 1.06. The van der Waals surface area contributed by atoms with E-state index in [2.05, 4.69) is 29.1 Å². The smallest absolute Gasteiger partial charge is 0.109 e. The van der Waals surface area contributed by atoms with Crippen molar-refractivity contribution in [1.82, 2.24) is 0 Å². The summed E-state index contributed by atoms with van der Waals surface area (Å²) in [5, 5.41) is 10.8. The lowest BCUT2D eigenvalue weighted by atomic mass is 10.1. The first-order valence-electron chi connectivity index (χ1n) is 3.85. The van der Waals surface area contributed by atoms with Crippen molar-refractivity contribution in [3.05, 3.63) is 44.9 Å². The Balaban J connectivity index is 3.56. The molecule has 0 atom stereocenters. The normalized spacial score (nSPS) is 11.7. The first-order valence-corrected chi connectivity index (χ1v) is 4.64. The van der Waals surface area contributed by atoms with Gasteiger partial charge >= 0.3 is 0 Å². The Morgan fingerprint density at radius 2 is 2.15 bits per heavy atom. The Kier molecular flexibility index (Phi) is 2.94. The molecule has 0 aliphatic heterocycles. The zero-order valence-corrected chi connectivity index (χ0v) is 9.06. The van der Waals surface area contributed by atoms with E-state index in [0.717, 1.165) is 20.5 Å². The van der Waals surface area contributed by atoms with Gasteiger partial charge < -0.3 is 5.11 Å². The van der Waals surface area contributed by atoms with E-state index >= 15 is 0 Å². The highest BCUT2D eigenvalue weighted by molar-refractivity contribution is 9.10. The van der Waals surface area contributed by atoms with Crippen LogP contribution in [0.4, 0.5) is 0 Å². The molecule has 0 unspecified atom stereocenters. The topological polar surface area (TPSA) is 20.2 Å². The first kappa shape index (κ1) is 10.1. The lowest BCUT2D eigenvalue weighted by molar-refractivity contribution is 0.444. The third kappa shape index (κ3) is 2.46. The minimum Gasteiger partial charge on any atom is -0.509 e. The summed E-state index contributed by atoms with van der Waals surface area (Å²) in [6.07, 6.45) is 1.62. The lowest BCUT2D eigenvalue weighted by Gasteiger charge is -1.97. The summed E-state index contributed by atoms with van der Waals surface area (Å²) in [4.78, 5) is 0. The average Bonchev–Trinajstić information content (AvgIpc) is 1.96. The van der Waals surface area contributed by atoms with E-state index in [-0.39, 0.29) is 5.76 Å². The lowest BCUT2D eigenvalue weighted by Crippen LogP contribution is -2.26. The van der Waals surface area contributed by atoms with Gasteiger partial charge in [0.1, 0.15) is 5.76 Å². The van der Waals surface area contributed by atoms with E-state index in [1.807, 2.05) is 19.1 Å². The molecule has 13 heavy (non-hydrogen) atoms. The second-order valence-electron chi connectivity index (χ2n) is 2.93. The van der Waals surface area contributed by atoms with E-state index < -0.39 is 0 Å². The molecule has 0 heterocycles. The number of aryl methyl sites for hydroxylation is 1. The molecule has 0 radical (unpaired) electrons. The van der Waals surface area contributed by atoms with Crippen molar-refractivity contribution in [2.45, 2.75) is 6.92 Å². The number of allylic oxidation sites excluding steroid dienone is 1. The summed E-state index contributed by atoms with van der Waals surface area (Å²) >= 11 is 3.37. The molecule has 0 aromatic heterocycles. The molecule has 0 saturated carbocycles. The molecule has 1 nitrogen and oxygen atoms in total. The molecule has 1 aromatic rings. The van der Waals surface area contributed by atoms with Crippen molar-refractivity contribution >= 4 is 28.6 Å². The molecule has 1 rings (SSSR count). The van der Waals surface area contributed by atoms with E-state index in [0.29, 0.717) is 0 Å². The maximum atomic E-state index is 9.03. The Morgan fingerprint density at radius 3 is 2.62 bits per heavy atom. The van der Waals surface area contributed by atoms with Gasteiger partial charge in [-0.15, -0.1) is 0 Å². The van der Waals surface area contributed by atoms with Crippen molar-refractivity contribution in [3.8, 4) is 0 Å². The van der Waals surface area contributed by atoms with Crippen molar-refractivity contribution < 1.29 is 5.11 Å². The molecule has 0 bridgehead atoms. The molecular weight excluding hydrogens is 228 g/mol. The third-order valence-corrected chi connectivity index (χ3v) is 2.21. The third-order valence-electron chi connectivity index (χ3n) is 1.75. The average molecular weight is 239 g/mol. The van der Waals surface area contributed by atoms with Crippen LogP contribution < -0.4 is 10.4 Å². The fourth-order valence-corrected chi connectivity index (χ4v) is 1.82. The van der Waals surface area contributed by atoms with Crippen molar-refractivity contribution in [1.29, 1.82) is 0 Å². The van der Waals surface area contributed by atoms with Crippen LogP contribution in [0.2, 0.25) is 0 Å². The SMILES string of the molecule is C=C(O)/C=c1/c(C)cc(Br)cc1=C. The molecule has 68 valence electrons. The monoisotopic (exact) mass is 238 g/mol. The van der Waals surface area contributed by atoms with Crippen LogP contribution in [0, 0.1) is 6.92 Å². The number of hydrogen-bond donors (Lipinski definition) is 1. The Hall–Kier alpha value is -1.02. The zero-order chi connectivity index (χ0) is 10.0. The summed E-state index contributed by atoms with van der Waals surface area (Å²) in [7, 11) is 0. The summed E-state index contributed by atoms with van der Waals surface area (Å²) in [5.74, 6) is 0.0512. The van der Waals surface area contributed by atoms with Gasteiger partial charge in [-0.3, -0.25) is 0 Å². The van der Waals surface area contributed by atoms with Crippen LogP contribution in [0.1, 0.15) is 5.56 Å². The molecule has 1 N–H and O–H groups in total. The van der Waals surface area contributed by atoms with Gasteiger partial charge in [0, 0.05) is 4.47 Å². The van der Waals surface area contributed by atoms with Crippen LogP contribution in [0.25, 0.3) is 12.7 Å². The minimum absolute atomic E-state index is 0.0512. The van der Waals surface area contributed by atoms with Crippen LogP contribution >= 0.6 is 15.9 Å². The molecule has 0 aliphatic rings. The van der Waals surface area contributed by atoms with Crippen LogP contribution in [0.3, 0.4) is 0 Å². The molecule has 0 amide bonds. The Labute approximate surface area is 85.8 Å². The second-order valence-corrected chi connectivity index (χ2v) is 3.85. The molecular formula is C11H11BrO. The molecule has 2 heteroatoms. The molecule has 1 aromatic carbocycles. The zero-order valence-electron chi connectivity index (χ0n) is 7.47. The van der Waals surface area contributed by atoms with Crippen LogP contribution in [0.15, 0.2) is 28.9 Å². The predicted molar refractivity (Wildman–Crippen MR) is 59.9 cm³/mol. The number of hydrogen-bond acceptors (Lipinski definition) is 1. The molecule has 0 saturated heterocycles. The number of halogens is 1. The van der Waals surface area contributed by atoms with Crippen molar-refractivity contribution in [2.24, 2.45) is 0 Å². The van der Waals surface area contributed by atoms with E-state index in [4.69, 9.17) is 5.11 Å². The molecule has 0 aliphatic carbocycles. The number of aliphatic hydroxyl groups excluding tert-OH is 1. The largest absolute Gasteiger partial charge is 0.509 e. The van der Waals surface area contributed by atoms with Gasteiger partial charge in [-0.05, 0) is 41.1 Å². The maximum absolute atomic E-state index is 9.03. The molecule has 0 spiro atoms. The fourth-order valence-electron chi connectivity index (χ4n) is 1.20. The quantitative estimate of drug-likeness (QED) is 0.743. The highest BCUT2D eigenvalue weighted by Gasteiger charge is 1.93. The predicted octanol–water partition coefficient (Wildman–Crippen LogP) is 2.02. The van der Waals surface area contributed by atoms with Gasteiger partial charge in [0.05, 0.1) is 0 Å². The highest BCUT2D eigenvalue weighted by atomic mass is 79.9. The minimum atomic E-state index is 0.0512. The Morgan fingerprint density at radius 1 is 1.54 bits per heavy atom. The van der Waals surface area contributed by atoms with Crippen molar-refractivity contribution in [3.63, 3.8) is 0 Å². The van der Waals surface area contributed by atoms with Gasteiger partial charge in [-0.2, -0.15) is 0 Å². The maximum Gasteiger partial charge on any atom is 0.109 e. The van der Waals surface area contributed by atoms with Crippen molar-refractivity contribution in [2.75, 3.05) is 0 Å². The van der Waals surface area contributed by atoms with Gasteiger partial charge in [0.15, 0.2) is 0 Å². The Bertz CT molecular complexity index is 446. The van der Waals surface area contributed by atoms with Gasteiger partial charge in [0.25, 0.3) is 0 Å². The van der Waals surface area contributed by atoms with Crippen LogP contribution in [-0.2, 0) is 0 Å². The van der Waals surface area contributed by atoms with E-state index in [9.17, 15) is 0 Å². The van der Waals surface area contributed by atoms with Crippen LogP contribution in [-0.4, -0.2) is 5.11 Å². The van der Waals surface area contributed by atoms with Gasteiger partial charge in [-0.25, -0.2) is 0 Å². The number of benzene rings is 1. The van der Waals surface area contributed by atoms with E-state index in [1.165, 1.54) is 0 Å². The highest BCUT2D eigenvalue weighted by Crippen LogP contribution is 2.05. The second kappa shape index (κ2) is 3.79. The summed E-state index contributed by atoms with van der Waals surface area (Å²) < 4.78 is 0.996. The number of aliphatic hydroxyl groups is 1. The summed E-state index contributed by atoms with van der Waals surface area (Å²) in [6, 6.07) is 3.88. The fraction of sp³-hybridized carbons (Fsp3) is 0.0909.